The lowest BCUT2D eigenvalue weighted by Gasteiger charge is -2.23. The third-order valence-electron chi connectivity index (χ3n) is 3.85. The summed E-state index contributed by atoms with van der Waals surface area (Å²) < 4.78 is 0. The second-order valence-electron chi connectivity index (χ2n) is 5.72. The Balaban J connectivity index is 3.51. The van der Waals surface area contributed by atoms with Gasteiger partial charge < -0.3 is 20.0 Å². The van der Waals surface area contributed by atoms with Gasteiger partial charge in [0.2, 0.25) is 0 Å². The standard InChI is InChI=1S/C16H38N4/c1-6-19(7-2)14-10-15-20(8-3)16-12-17-11-9-13-18(4)5/h17H,6-16H2,1-5H3. The topological polar surface area (TPSA) is 21.8 Å². The molecule has 0 unspecified atom stereocenters. The van der Waals surface area contributed by atoms with Crippen molar-refractivity contribution in [2.45, 2.75) is 33.6 Å². The van der Waals surface area contributed by atoms with E-state index in [0.717, 1.165) is 19.6 Å². The molecule has 0 atom stereocenters. The molecule has 0 aromatic rings. The first-order valence-corrected chi connectivity index (χ1v) is 8.44. The van der Waals surface area contributed by atoms with Crippen LogP contribution in [0.5, 0.6) is 0 Å². The van der Waals surface area contributed by atoms with Gasteiger partial charge in [0.1, 0.15) is 0 Å². The van der Waals surface area contributed by atoms with E-state index in [-0.39, 0.29) is 0 Å². The van der Waals surface area contributed by atoms with E-state index in [1.54, 1.807) is 0 Å². The zero-order chi connectivity index (χ0) is 15.2. The molecule has 0 aromatic heterocycles. The van der Waals surface area contributed by atoms with Crippen LogP contribution >= 0.6 is 0 Å². The molecule has 0 fully saturated rings. The zero-order valence-corrected chi connectivity index (χ0v) is 14.6. The fourth-order valence-corrected chi connectivity index (χ4v) is 2.37. The van der Waals surface area contributed by atoms with Crippen molar-refractivity contribution < 1.29 is 0 Å². The van der Waals surface area contributed by atoms with Crippen molar-refractivity contribution >= 4 is 0 Å². The molecule has 0 radical (unpaired) electrons. The maximum atomic E-state index is 3.55. The van der Waals surface area contributed by atoms with Crippen LogP contribution in [0.1, 0.15) is 33.6 Å². The second-order valence-corrected chi connectivity index (χ2v) is 5.72. The number of nitrogens with one attached hydrogen (secondary N) is 1. The van der Waals surface area contributed by atoms with Crippen LogP contribution in [0, 0.1) is 0 Å². The number of hydrogen-bond donors (Lipinski definition) is 1. The van der Waals surface area contributed by atoms with Gasteiger partial charge in [0.05, 0.1) is 0 Å². The molecule has 0 heterocycles. The molecule has 0 amide bonds. The van der Waals surface area contributed by atoms with Crippen molar-refractivity contribution in [1.82, 2.24) is 20.0 Å². The van der Waals surface area contributed by atoms with Gasteiger partial charge in [0, 0.05) is 13.1 Å². The predicted octanol–water partition coefficient (Wildman–Crippen LogP) is 1.58. The SMILES string of the molecule is CCN(CC)CCCN(CC)CCNCCCN(C)C. The van der Waals surface area contributed by atoms with Crippen molar-refractivity contribution in [2.24, 2.45) is 0 Å². The molecule has 0 aromatic carbocycles. The Morgan fingerprint density at radius 2 is 1.25 bits per heavy atom. The first kappa shape index (κ1) is 19.8. The fraction of sp³-hybridized carbons (Fsp3) is 1.00. The molecule has 1 N–H and O–H groups in total. The van der Waals surface area contributed by atoms with Gasteiger partial charge in [-0.2, -0.15) is 0 Å². The highest BCUT2D eigenvalue weighted by atomic mass is 15.1. The summed E-state index contributed by atoms with van der Waals surface area (Å²) in [4.78, 5) is 7.31. The lowest BCUT2D eigenvalue weighted by molar-refractivity contribution is 0.243. The minimum atomic E-state index is 1.12. The van der Waals surface area contributed by atoms with E-state index in [2.05, 4.69) is 54.9 Å². The van der Waals surface area contributed by atoms with Gasteiger partial charge in [-0.15, -0.1) is 0 Å². The summed E-state index contributed by atoms with van der Waals surface area (Å²) in [6.45, 7) is 17.4. The van der Waals surface area contributed by atoms with Crippen molar-refractivity contribution in [2.75, 3.05) is 73.0 Å². The summed E-state index contributed by atoms with van der Waals surface area (Å²) >= 11 is 0. The first-order chi connectivity index (χ1) is 9.63. The highest BCUT2D eigenvalue weighted by molar-refractivity contribution is 4.61. The Bertz CT molecular complexity index is 193. The Morgan fingerprint density at radius 3 is 1.80 bits per heavy atom. The highest BCUT2D eigenvalue weighted by Gasteiger charge is 2.03. The molecular formula is C16H38N4. The normalized spacial score (nSPS) is 12.0. The van der Waals surface area contributed by atoms with E-state index >= 15 is 0 Å². The highest BCUT2D eigenvalue weighted by Crippen LogP contribution is 1.95. The largest absolute Gasteiger partial charge is 0.315 e. The van der Waals surface area contributed by atoms with Crippen molar-refractivity contribution in [3.05, 3.63) is 0 Å². The van der Waals surface area contributed by atoms with Crippen LogP contribution in [-0.4, -0.2) is 87.7 Å². The Kier molecular flexibility index (Phi) is 13.7. The van der Waals surface area contributed by atoms with Gasteiger partial charge in [-0.05, 0) is 72.8 Å². The lowest BCUT2D eigenvalue weighted by Crippen LogP contribution is -2.35. The molecule has 0 aliphatic heterocycles. The van der Waals surface area contributed by atoms with Gasteiger partial charge >= 0.3 is 0 Å². The number of hydrogen-bond acceptors (Lipinski definition) is 4. The van der Waals surface area contributed by atoms with Crippen molar-refractivity contribution in [3.63, 3.8) is 0 Å². The molecule has 4 nitrogen and oxygen atoms in total. The average molecular weight is 287 g/mol. The van der Waals surface area contributed by atoms with E-state index in [0.29, 0.717) is 0 Å². The first-order valence-electron chi connectivity index (χ1n) is 8.44. The van der Waals surface area contributed by atoms with Gasteiger partial charge in [0.15, 0.2) is 0 Å². The molecule has 0 aliphatic carbocycles. The van der Waals surface area contributed by atoms with Crippen molar-refractivity contribution in [3.8, 4) is 0 Å². The summed E-state index contributed by atoms with van der Waals surface area (Å²) in [5.41, 5.74) is 0. The minimum Gasteiger partial charge on any atom is -0.315 e. The van der Waals surface area contributed by atoms with Gasteiger partial charge in [-0.25, -0.2) is 0 Å². The molecule has 0 bridgehead atoms. The van der Waals surface area contributed by atoms with Crippen LogP contribution < -0.4 is 5.32 Å². The molecule has 0 spiro atoms. The number of likely N-dealkylation sites (N-methyl/N-ethyl adjacent to an activating group) is 1. The zero-order valence-electron chi connectivity index (χ0n) is 14.6. The van der Waals surface area contributed by atoms with Gasteiger partial charge in [-0.3, -0.25) is 0 Å². The molecular weight excluding hydrogens is 248 g/mol. The summed E-state index contributed by atoms with van der Waals surface area (Å²) in [7, 11) is 4.27. The molecule has 0 rings (SSSR count). The average Bonchev–Trinajstić information content (AvgIpc) is 2.44. The molecule has 0 aliphatic rings. The maximum Gasteiger partial charge on any atom is 0.0107 e. The van der Waals surface area contributed by atoms with E-state index in [9.17, 15) is 0 Å². The number of nitrogens with zero attached hydrogens (tertiary/aromatic N) is 3. The van der Waals surface area contributed by atoms with Crippen LogP contribution in [0.3, 0.4) is 0 Å². The van der Waals surface area contributed by atoms with E-state index in [1.807, 2.05) is 0 Å². The Morgan fingerprint density at radius 1 is 0.650 bits per heavy atom. The van der Waals surface area contributed by atoms with Crippen LogP contribution in [0.2, 0.25) is 0 Å². The quantitative estimate of drug-likeness (QED) is 0.489. The maximum absolute atomic E-state index is 3.55. The summed E-state index contributed by atoms with van der Waals surface area (Å²) in [5.74, 6) is 0. The molecule has 20 heavy (non-hydrogen) atoms. The fourth-order valence-electron chi connectivity index (χ4n) is 2.37. The van der Waals surface area contributed by atoms with Crippen LogP contribution in [-0.2, 0) is 0 Å². The summed E-state index contributed by atoms with van der Waals surface area (Å²) in [6, 6.07) is 0. The lowest BCUT2D eigenvalue weighted by atomic mass is 10.3. The van der Waals surface area contributed by atoms with Gasteiger partial charge in [-0.1, -0.05) is 20.8 Å². The van der Waals surface area contributed by atoms with Gasteiger partial charge in [0.25, 0.3) is 0 Å². The predicted molar refractivity (Wildman–Crippen MR) is 90.6 cm³/mol. The Labute approximate surface area is 127 Å². The Hall–Kier alpha value is -0.160. The summed E-state index contributed by atoms with van der Waals surface area (Å²) in [5, 5.41) is 3.55. The van der Waals surface area contributed by atoms with Crippen molar-refractivity contribution in [1.29, 1.82) is 0 Å². The van der Waals surface area contributed by atoms with E-state index < -0.39 is 0 Å². The molecule has 4 heteroatoms. The van der Waals surface area contributed by atoms with Crippen LogP contribution in [0.4, 0.5) is 0 Å². The minimum absolute atomic E-state index is 1.12. The molecule has 122 valence electrons. The second kappa shape index (κ2) is 13.8. The van der Waals surface area contributed by atoms with Crippen LogP contribution in [0.15, 0.2) is 0 Å². The third kappa shape index (κ3) is 11.6. The monoisotopic (exact) mass is 286 g/mol. The summed E-state index contributed by atoms with van der Waals surface area (Å²) in [6.07, 6.45) is 2.53. The van der Waals surface area contributed by atoms with E-state index in [4.69, 9.17) is 0 Å². The van der Waals surface area contributed by atoms with Crippen LogP contribution in [0.25, 0.3) is 0 Å². The number of rotatable bonds is 14. The molecule has 0 saturated carbocycles. The smallest absolute Gasteiger partial charge is 0.0107 e. The third-order valence-corrected chi connectivity index (χ3v) is 3.85. The molecule has 0 saturated heterocycles. The van der Waals surface area contributed by atoms with E-state index in [1.165, 1.54) is 52.1 Å².